The van der Waals surface area contributed by atoms with Crippen LogP contribution in [-0.2, 0) is 20.5 Å². The number of anilines is 2. The summed E-state index contributed by atoms with van der Waals surface area (Å²) in [4.78, 5) is 39.4. The van der Waals surface area contributed by atoms with Gasteiger partial charge in [0.15, 0.2) is 10.8 Å². The van der Waals surface area contributed by atoms with E-state index >= 15 is 0 Å². The third-order valence-electron chi connectivity index (χ3n) is 4.30. The average Bonchev–Trinajstić information content (AvgIpc) is 3.37. The molecule has 1 aliphatic rings. The van der Waals surface area contributed by atoms with Crippen LogP contribution in [0.4, 0.5) is 28.4 Å². The van der Waals surface area contributed by atoms with Gasteiger partial charge in [-0.3, -0.25) is 9.59 Å². The Hall–Kier alpha value is -3.02. The predicted molar refractivity (Wildman–Crippen MR) is 98.4 cm³/mol. The van der Waals surface area contributed by atoms with E-state index in [1.165, 1.54) is 19.1 Å². The Bertz CT molecular complexity index is 984. The Morgan fingerprint density at radius 1 is 1.13 bits per heavy atom. The van der Waals surface area contributed by atoms with Gasteiger partial charge in [-0.1, -0.05) is 11.3 Å². The average molecular weight is 445 g/mol. The SMILES string of the molecule is CCOC(=O)c1sc(NC(=O)C2(C(=O)Nc3ccc(F)cc3)CC2)nc1C(F)(F)F. The van der Waals surface area contributed by atoms with Crippen molar-refractivity contribution in [1.29, 1.82) is 0 Å². The van der Waals surface area contributed by atoms with Gasteiger partial charge in [-0.25, -0.2) is 14.2 Å². The highest BCUT2D eigenvalue weighted by Crippen LogP contribution is 2.48. The molecule has 30 heavy (non-hydrogen) atoms. The van der Waals surface area contributed by atoms with E-state index in [2.05, 4.69) is 20.4 Å². The molecule has 0 bridgehead atoms. The van der Waals surface area contributed by atoms with Gasteiger partial charge < -0.3 is 15.4 Å². The molecule has 1 aromatic carbocycles. The van der Waals surface area contributed by atoms with E-state index in [0.29, 0.717) is 11.3 Å². The van der Waals surface area contributed by atoms with Crippen LogP contribution in [0.2, 0.25) is 0 Å². The fourth-order valence-corrected chi connectivity index (χ4v) is 3.46. The second-order valence-corrected chi connectivity index (χ2v) is 7.41. The number of nitrogens with zero attached hydrogens (tertiary/aromatic N) is 1. The Labute approximate surface area is 171 Å². The molecule has 1 heterocycles. The minimum absolute atomic E-state index is 0.137. The van der Waals surface area contributed by atoms with E-state index in [0.717, 1.165) is 12.1 Å². The molecule has 3 rings (SSSR count). The van der Waals surface area contributed by atoms with E-state index in [4.69, 9.17) is 0 Å². The lowest BCUT2D eigenvalue weighted by Crippen LogP contribution is -2.35. The maximum absolute atomic E-state index is 13.2. The van der Waals surface area contributed by atoms with E-state index in [1.54, 1.807) is 0 Å². The molecule has 0 spiro atoms. The van der Waals surface area contributed by atoms with Gasteiger partial charge in [-0.15, -0.1) is 0 Å². The molecule has 1 aliphatic carbocycles. The Morgan fingerprint density at radius 2 is 1.73 bits per heavy atom. The molecule has 0 aliphatic heterocycles. The number of ether oxygens (including phenoxy) is 1. The molecular formula is C18H15F4N3O4S. The standard InChI is InChI=1S/C18H15F4N3O4S/c1-2-29-13(26)11-12(18(20,21)22)24-16(30-11)25-15(28)17(7-8-17)14(27)23-10-5-3-9(19)4-6-10/h3-6H,2,7-8H2,1H3,(H,23,27)(H,24,25,28). The number of halogens is 4. The topological polar surface area (TPSA) is 97.4 Å². The summed E-state index contributed by atoms with van der Waals surface area (Å²) in [5, 5.41) is 4.19. The fraction of sp³-hybridized carbons (Fsp3) is 0.333. The molecule has 160 valence electrons. The van der Waals surface area contributed by atoms with E-state index in [-0.39, 0.29) is 25.1 Å². The van der Waals surface area contributed by atoms with Crippen LogP contribution >= 0.6 is 11.3 Å². The lowest BCUT2D eigenvalue weighted by molar-refractivity contribution is -0.141. The first-order chi connectivity index (χ1) is 14.1. The number of hydrogen-bond acceptors (Lipinski definition) is 6. The molecule has 2 aromatic rings. The maximum atomic E-state index is 13.2. The van der Waals surface area contributed by atoms with Gasteiger partial charge in [0.25, 0.3) is 0 Å². The van der Waals surface area contributed by atoms with Crippen LogP contribution in [0.3, 0.4) is 0 Å². The first kappa shape index (κ1) is 21.7. The summed E-state index contributed by atoms with van der Waals surface area (Å²) in [5.74, 6) is -3.24. The minimum Gasteiger partial charge on any atom is -0.462 e. The van der Waals surface area contributed by atoms with E-state index in [1.807, 2.05) is 0 Å². The highest BCUT2D eigenvalue weighted by Gasteiger charge is 2.57. The number of rotatable bonds is 6. The quantitative estimate of drug-likeness (QED) is 0.400. The molecule has 7 nitrogen and oxygen atoms in total. The number of hydrogen-bond donors (Lipinski definition) is 2. The molecular weight excluding hydrogens is 430 g/mol. The molecule has 1 saturated carbocycles. The van der Waals surface area contributed by atoms with Gasteiger partial charge in [0.2, 0.25) is 11.8 Å². The van der Waals surface area contributed by atoms with Crippen molar-refractivity contribution in [2.24, 2.45) is 5.41 Å². The number of nitrogens with one attached hydrogen (secondary N) is 2. The van der Waals surface area contributed by atoms with Crippen LogP contribution in [0.25, 0.3) is 0 Å². The zero-order valence-corrected chi connectivity index (χ0v) is 16.2. The Morgan fingerprint density at radius 3 is 2.27 bits per heavy atom. The second kappa shape index (κ2) is 8.01. The summed E-state index contributed by atoms with van der Waals surface area (Å²) in [6, 6.07) is 4.87. The zero-order chi connectivity index (χ0) is 22.1. The van der Waals surface area contributed by atoms with Crippen molar-refractivity contribution >= 4 is 39.9 Å². The van der Waals surface area contributed by atoms with Gasteiger partial charge in [0.1, 0.15) is 16.1 Å². The van der Waals surface area contributed by atoms with Crippen LogP contribution in [-0.4, -0.2) is 29.4 Å². The predicted octanol–water partition coefficient (Wildman–Crippen LogP) is 3.84. The van der Waals surface area contributed by atoms with Gasteiger partial charge in [-0.2, -0.15) is 13.2 Å². The van der Waals surface area contributed by atoms with Crippen molar-refractivity contribution < 1.29 is 36.7 Å². The normalized spacial score (nSPS) is 14.7. The van der Waals surface area contributed by atoms with Crippen LogP contribution in [0, 0.1) is 11.2 Å². The Kier molecular flexibility index (Phi) is 5.79. The van der Waals surface area contributed by atoms with E-state index < -0.39 is 50.9 Å². The summed E-state index contributed by atoms with van der Waals surface area (Å²) in [5.41, 5.74) is -2.69. The first-order valence-electron chi connectivity index (χ1n) is 8.70. The zero-order valence-electron chi connectivity index (χ0n) is 15.4. The second-order valence-electron chi connectivity index (χ2n) is 6.41. The third kappa shape index (κ3) is 4.42. The molecule has 0 saturated heterocycles. The molecule has 0 unspecified atom stereocenters. The number of carbonyl (C=O) groups is 3. The van der Waals surface area contributed by atoms with E-state index in [9.17, 15) is 31.9 Å². The van der Waals surface area contributed by atoms with Crippen LogP contribution in [0.15, 0.2) is 24.3 Å². The molecule has 12 heteroatoms. The number of amides is 2. The van der Waals surface area contributed by atoms with Crippen LogP contribution in [0.1, 0.15) is 35.1 Å². The molecule has 1 aromatic heterocycles. The van der Waals surface area contributed by atoms with Gasteiger partial charge in [-0.05, 0) is 44.0 Å². The maximum Gasteiger partial charge on any atom is 0.435 e. The minimum atomic E-state index is -4.93. The number of esters is 1. The molecule has 1 fully saturated rings. The fourth-order valence-electron chi connectivity index (χ4n) is 2.58. The highest BCUT2D eigenvalue weighted by molar-refractivity contribution is 7.17. The number of benzene rings is 1. The van der Waals surface area contributed by atoms with Crippen molar-refractivity contribution in [3.63, 3.8) is 0 Å². The lowest BCUT2D eigenvalue weighted by atomic mass is 10.1. The molecule has 0 radical (unpaired) electrons. The van der Waals surface area contributed by atoms with Crippen LogP contribution < -0.4 is 10.6 Å². The summed E-state index contributed by atoms with van der Waals surface area (Å²) in [7, 11) is 0. The third-order valence-corrected chi connectivity index (χ3v) is 5.25. The van der Waals surface area contributed by atoms with Crippen molar-refractivity contribution in [2.75, 3.05) is 17.2 Å². The molecule has 2 amide bonds. The number of carbonyl (C=O) groups excluding carboxylic acids is 3. The summed E-state index contributed by atoms with van der Waals surface area (Å²) in [6.07, 6.45) is -4.58. The van der Waals surface area contributed by atoms with Gasteiger partial charge in [0.05, 0.1) is 6.61 Å². The summed E-state index contributed by atoms with van der Waals surface area (Å²) in [6.45, 7) is 1.30. The van der Waals surface area contributed by atoms with Gasteiger partial charge in [0, 0.05) is 5.69 Å². The first-order valence-corrected chi connectivity index (χ1v) is 9.52. The monoisotopic (exact) mass is 445 g/mol. The smallest absolute Gasteiger partial charge is 0.435 e. The van der Waals surface area contributed by atoms with Crippen LogP contribution in [0.5, 0.6) is 0 Å². The summed E-state index contributed by atoms with van der Waals surface area (Å²) >= 11 is 0.313. The number of thiazole rings is 1. The molecule has 2 N–H and O–H groups in total. The largest absolute Gasteiger partial charge is 0.462 e. The highest BCUT2D eigenvalue weighted by atomic mass is 32.1. The summed E-state index contributed by atoms with van der Waals surface area (Å²) < 4.78 is 57.1. The lowest BCUT2D eigenvalue weighted by Gasteiger charge is -2.14. The van der Waals surface area contributed by atoms with Crippen molar-refractivity contribution in [3.8, 4) is 0 Å². The van der Waals surface area contributed by atoms with Gasteiger partial charge >= 0.3 is 12.1 Å². The van der Waals surface area contributed by atoms with Crippen molar-refractivity contribution in [2.45, 2.75) is 25.9 Å². The number of aromatic nitrogens is 1. The van der Waals surface area contributed by atoms with Crippen molar-refractivity contribution in [3.05, 3.63) is 40.7 Å². The number of alkyl halides is 3. The van der Waals surface area contributed by atoms with Crippen molar-refractivity contribution in [1.82, 2.24) is 4.98 Å². The molecule has 0 atom stereocenters. The Balaban J connectivity index is 1.77.